The first-order valence-corrected chi connectivity index (χ1v) is 23.7. The summed E-state index contributed by atoms with van der Waals surface area (Å²) in [5.74, 6) is 3.67. The molecule has 344 valence electrons. The average Bonchev–Trinajstić information content (AvgIpc) is 3.88. The third-order valence-electron chi connectivity index (χ3n) is 13.6. The molecule has 0 amide bonds. The standard InChI is InChI=1S/C48H63F2N7O2.C2H6.CH3F/c1-6-9-10-11-16-33(7-2)40(59-31-58)30-55(5)26-27-57-32(4)15-12-17-39-43-46(53-41(54-47(43)57)20-23-48-21-13-24-56(48)25-14-22-48)44(50)45(52-39)37-29-35(51)28-34-18-19-38(49)36(8-3)42(34)37;2*1-2/h3,28-29,31-32H,6-7,9-27,30,51H2,1-2,4-5H3;1-2H3;1H3/b40-33+;;. The number of aryl methyl sites for hydroxylation is 3. The number of unbranched alkanes of at least 4 members (excludes halogenated alkanes) is 3. The lowest BCUT2D eigenvalue weighted by Crippen LogP contribution is -2.41. The highest BCUT2D eigenvalue weighted by molar-refractivity contribution is 5.98. The molecule has 3 aromatic rings. The van der Waals surface area contributed by atoms with Gasteiger partial charge in [-0.15, -0.1) is 6.42 Å². The molecule has 2 saturated heterocycles. The maximum atomic E-state index is 17.6. The number of hydrogen-bond donors (Lipinski definition) is 1. The summed E-state index contributed by atoms with van der Waals surface area (Å²) in [7, 11) is 2.55. The fourth-order valence-corrected chi connectivity index (χ4v) is 10.4. The number of allylic oxidation sites excluding steroid dienone is 3. The summed E-state index contributed by atoms with van der Waals surface area (Å²) in [6.45, 7) is 15.1. The molecule has 1 unspecified atom stereocenters. The molecule has 7 rings (SSSR count). The molecular formula is C51H72F3N7O2. The van der Waals surface area contributed by atoms with Gasteiger partial charge in [-0.25, -0.2) is 23.7 Å². The summed E-state index contributed by atoms with van der Waals surface area (Å²) in [4.78, 5) is 34.3. The first kappa shape index (κ1) is 49.5. The number of nitrogen functional groups attached to an aromatic ring is 1. The van der Waals surface area contributed by atoms with E-state index in [2.05, 4.69) is 48.4 Å². The summed E-state index contributed by atoms with van der Waals surface area (Å²) in [5, 5.41) is 0.632. The van der Waals surface area contributed by atoms with Gasteiger partial charge in [-0.05, 0) is 127 Å². The first-order chi connectivity index (χ1) is 30.6. The summed E-state index contributed by atoms with van der Waals surface area (Å²) in [6, 6.07) is 3.60. The van der Waals surface area contributed by atoms with Crippen LogP contribution in [0.3, 0.4) is 0 Å². The predicted molar refractivity (Wildman–Crippen MR) is 252 cm³/mol. The lowest BCUT2D eigenvalue weighted by Gasteiger charge is -2.35. The van der Waals surface area contributed by atoms with Crippen molar-refractivity contribution in [3.63, 3.8) is 0 Å². The van der Waals surface area contributed by atoms with Crippen LogP contribution in [0.25, 0.3) is 27.7 Å². The van der Waals surface area contributed by atoms with E-state index in [1.165, 1.54) is 44.1 Å². The minimum absolute atomic E-state index is 0.0984. The minimum Gasteiger partial charge on any atom is -0.432 e. The van der Waals surface area contributed by atoms with Crippen molar-refractivity contribution in [2.45, 2.75) is 155 Å². The van der Waals surface area contributed by atoms with Gasteiger partial charge in [0, 0.05) is 54.3 Å². The van der Waals surface area contributed by atoms with E-state index in [1.54, 1.807) is 6.07 Å². The minimum atomic E-state index is -0.567. The maximum absolute atomic E-state index is 17.6. The molecule has 63 heavy (non-hydrogen) atoms. The summed E-state index contributed by atoms with van der Waals surface area (Å²) in [6.07, 6.45) is 21.5. The van der Waals surface area contributed by atoms with E-state index in [1.807, 2.05) is 19.9 Å². The number of nitrogens with zero attached hydrogens (tertiary/aromatic N) is 6. The van der Waals surface area contributed by atoms with Crippen LogP contribution in [0.2, 0.25) is 0 Å². The van der Waals surface area contributed by atoms with Gasteiger partial charge in [-0.2, -0.15) is 0 Å². The molecule has 1 aromatic carbocycles. The number of fused-ring (bicyclic) bond motifs is 2. The second kappa shape index (κ2) is 23.5. The van der Waals surface area contributed by atoms with Crippen LogP contribution in [-0.4, -0.2) is 89.8 Å². The fraction of sp³-hybridized carbons (Fsp3) is 0.608. The molecule has 9 nitrogen and oxygen atoms in total. The molecule has 2 aromatic heterocycles. The molecule has 12 heteroatoms. The molecule has 2 N–H and O–H groups in total. The molecule has 0 spiro atoms. The van der Waals surface area contributed by atoms with E-state index in [0.717, 1.165) is 75.1 Å². The molecule has 5 heterocycles. The van der Waals surface area contributed by atoms with E-state index in [4.69, 9.17) is 31.8 Å². The Kier molecular flexibility index (Phi) is 18.4. The zero-order valence-corrected chi connectivity index (χ0v) is 39.2. The van der Waals surface area contributed by atoms with Crippen LogP contribution in [0.4, 0.5) is 24.7 Å². The number of carbonyl (C=O) groups excluding carboxylic acids is 1. The first-order valence-electron chi connectivity index (χ1n) is 23.7. The molecule has 3 aliphatic heterocycles. The summed E-state index contributed by atoms with van der Waals surface area (Å²) >= 11 is 0. The number of anilines is 2. The molecular weight excluding hydrogens is 800 g/mol. The van der Waals surface area contributed by atoms with Gasteiger partial charge in [0.2, 0.25) is 0 Å². The van der Waals surface area contributed by atoms with Crippen molar-refractivity contribution < 1.29 is 22.7 Å². The number of hydrogen-bond acceptors (Lipinski definition) is 9. The Hall–Kier alpha value is -4.47. The van der Waals surface area contributed by atoms with Crippen LogP contribution < -0.4 is 10.6 Å². The third-order valence-corrected chi connectivity index (χ3v) is 13.6. The van der Waals surface area contributed by atoms with Gasteiger partial charge in [0.1, 0.15) is 34.4 Å². The molecule has 0 saturated carbocycles. The van der Waals surface area contributed by atoms with Gasteiger partial charge >= 0.3 is 0 Å². The van der Waals surface area contributed by atoms with Crippen LogP contribution in [-0.2, 0) is 28.8 Å². The van der Waals surface area contributed by atoms with Crippen LogP contribution in [0.1, 0.15) is 147 Å². The van der Waals surface area contributed by atoms with E-state index < -0.39 is 5.82 Å². The van der Waals surface area contributed by atoms with Crippen molar-refractivity contribution >= 4 is 34.5 Å². The largest absolute Gasteiger partial charge is 0.432 e. The third kappa shape index (κ3) is 11.1. The Morgan fingerprint density at radius 1 is 1.05 bits per heavy atom. The number of rotatable bonds is 17. The highest BCUT2D eigenvalue weighted by Crippen LogP contribution is 2.45. The maximum Gasteiger partial charge on any atom is 0.298 e. The van der Waals surface area contributed by atoms with Gasteiger partial charge in [-0.1, -0.05) is 52.9 Å². The number of ether oxygens (including phenoxy) is 1. The highest BCUT2D eigenvalue weighted by atomic mass is 19.1. The van der Waals surface area contributed by atoms with Crippen molar-refractivity contribution in [1.29, 1.82) is 0 Å². The van der Waals surface area contributed by atoms with Crippen molar-refractivity contribution in [2.75, 3.05) is 57.6 Å². The highest BCUT2D eigenvalue weighted by Gasteiger charge is 2.44. The van der Waals surface area contributed by atoms with Gasteiger partial charge < -0.3 is 15.4 Å². The Morgan fingerprint density at radius 3 is 2.48 bits per heavy atom. The van der Waals surface area contributed by atoms with Crippen LogP contribution in [0.5, 0.6) is 0 Å². The van der Waals surface area contributed by atoms with Gasteiger partial charge in [0.25, 0.3) is 6.47 Å². The number of nitrogens with two attached hydrogens (primary N) is 1. The number of pyridine rings is 1. The Bertz CT molecular complexity index is 2140. The lowest BCUT2D eigenvalue weighted by molar-refractivity contribution is -0.125. The Balaban J connectivity index is 0.00000182. The normalized spacial score (nSPS) is 18.3. The molecule has 0 radical (unpaired) electrons. The van der Waals surface area contributed by atoms with Gasteiger partial charge in [-0.3, -0.25) is 19.0 Å². The smallest absolute Gasteiger partial charge is 0.298 e. The second-order valence-corrected chi connectivity index (χ2v) is 17.4. The summed E-state index contributed by atoms with van der Waals surface area (Å²) in [5.41, 5.74) is 11.1. The van der Waals surface area contributed by atoms with Crippen molar-refractivity contribution in [3.8, 4) is 23.6 Å². The van der Waals surface area contributed by atoms with Gasteiger partial charge in [0.05, 0.1) is 30.4 Å². The van der Waals surface area contributed by atoms with E-state index in [-0.39, 0.29) is 40.6 Å². The second-order valence-electron chi connectivity index (χ2n) is 17.4. The number of carbonyl (C=O) groups is 1. The number of benzene rings is 1. The van der Waals surface area contributed by atoms with E-state index in [0.29, 0.717) is 86.4 Å². The zero-order valence-electron chi connectivity index (χ0n) is 39.2. The molecule has 2 fully saturated rings. The van der Waals surface area contributed by atoms with Crippen molar-refractivity contribution in [2.24, 2.45) is 0 Å². The molecule has 0 bridgehead atoms. The number of terminal acetylenes is 1. The molecule has 4 aliphatic rings. The van der Waals surface area contributed by atoms with Crippen LogP contribution >= 0.6 is 0 Å². The monoisotopic (exact) mass is 872 g/mol. The average molecular weight is 872 g/mol. The van der Waals surface area contributed by atoms with Gasteiger partial charge in [0.15, 0.2) is 5.82 Å². The topological polar surface area (TPSA) is 101 Å². The Labute approximate surface area is 375 Å². The van der Waals surface area contributed by atoms with Crippen molar-refractivity contribution in [1.82, 2.24) is 24.8 Å². The number of halogens is 3. The SMILES string of the molecule is C#CC1=C(F)CCc2cc(N)cc(-c3nc4c5c(nc(CCC67CCCN6CCC7)nc5c3F)N(CCN(C)C/C(OC=O)=C(/CC)CCCCCC)C(C)CCC4)c21.CC.CF. The zero-order chi connectivity index (χ0) is 45.7. The van der Waals surface area contributed by atoms with E-state index >= 15 is 8.78 Å². The van der Waals surface area contributed by atoms with Crippen molar-refractivity contribution in [3.05, 3.63) is 57.8 Å². The molecule has 1 aliphatic carbocycles. The van der Waals surface area contributed by atoms with Crippen LogP contribution in [0, 0.1) is 18.2 Å². The van der Waals surface area contributed by atoms with E-state index in [9.17, 15) is 9.18 Å². The number of aromatic nitrogens is 3. The Morgan fingerprint density at radius 2 is 1.79 bits per heavy atom. The number of alkyl halides is 1. The molecule has 1 atom stereocenters. The summed E-state index contributed by atoms with van der Waals surface area (Å²) < 4.78 is 48.1. The fourth-order valence-electron chi connectivity index (χ4n) is 10.4. The number of likely N-dealkylation sites (N-methyl/N-ethyl adjacent to an activating group) is 1. The lowest BCUT2D eigenvalue weighted by atomic mass is 9.85. The van der Waals surface area contributed by atoms with Crippen LogP contribution in [0.15, 0.2) is 29.3 Å². The predicted octanol–water partition coefficient (Wildman–Crippen LogP) is 11.1. The quantitative estimate of drug-likeness (QED) is 0.0467.